The zero-order valence-electron chi connectivity index (χ0n) is 5.05. The summed E-state index contributed by atoms with van der Waals surface area (Å²) in [5.41, 5.74) is 0. The Labute approximate surface area is 56.0 Å². The van der Waals surface area contributed by atoms with E-state index in [9.17, 15) is 4.79 Å². The zero-order chi connectivity index (χ0) is 7.11. The van der Waals surface area contributed by atoms with Gasteiger partial charge in [0.2, 0.25) is 5.91 Å². The van der Waals surface area contributed by atoms with Crippen LogP contribution >= 0.6 is 8.81 Å². The second kappa shape index (κ2) is 5.73. The lowest BCUT2D eigenvalue weighted by Crippen LogP contribution is -2.22. The first-order chi connectivity index (χ1) is 4.31. The highest BCUT2D eigenvalue weighted by Crippen LogP contribution is 1.96. The summed E-state index contributed by atoms with van der Waals surface area (Å²) >= 11 is 0. The van der Waals surface area contributed by atoms with E-state index in [0.717, 1.165) is 0 Å². The molecule has 0 bridgehead atoms. The highest BCUT2D eigenvalue weighted by atomic mass is 31.1. The van der Waals surface area contributed by atoms with Crippen LogP contribution in [0.2, 0.25) is 0 Å². The van der Waals surface area contributed by atoms with Gasteiger partial charge in [-0.2, -0.15) is 0 Å². The van der Waals surface area contributed by atoms with E-state index >= 15 is 0 Å². The van der Waals surface area contributed by atoms with E-state index < -0.39 is 0 Å². The fourth-order valence-corrected chi connectivity index (χ4v) is 0.551. The van der Waals surface area contributed by atoms with E-state index in [1.165, 1.54) is 6.08 Å². The van der Waals surface area contributed by atoms with E-state index in [0.29, 0.717) is 12.7 Å². The summed E-state index contributed by atoms with van der Waals surface area (Å²) in [5, 5.41) is 2.52. The van der Waals surface area contributed by atoms with Crippen LogP contribution in [-0.2, 0) is 4.79 Å². The molecule has 0 saturated heterocycles. The third-order valence-electron chi connectivity index (χ3n) is 0.721. The molecule has 3 nitrogen and oxygen atoms in total. The summed E-state index contributed by atoms with van der Waals surface area (Å²) in [5.74, 6) is -0.187. The monoisotopic (exact) mass is 147 g/mol. The Hall–Kier alpha value is -0.400. The molecule has 1 unspecified atom stereocenters. The summed E-state index contributed by atoms with van der Waals surface area (Å²) in [6.45, 7) is 3.79. The minimum Gasteiger partial charge on any atom is -0.377 e. The Morgan fingerprint density at radius 1 is 1.89 bits per heavy atom. The van der Waals surface area contributed by atoms with Gasteiger partial charge in [-0.25, -0.2) is 0 Å². The average molecular weight is 147 g/mol. The van der Waals surface area contributed by atoms with Crippen LogP contribution in [0.3, 0.4) is 0 Å². The highest BCUT2D eigenvalue weighted by Gasteiger charge is 1.89. The van der Waals surface area contributed by atoms with Gasteiger partial charge in [0.15, 0.2) is 0 Å². The Morgan fingerprint density at radius 3 is 3.00 bits per heavy atom. The number of nitrogens with one attached hydrogen (secondary N) is 1. The molecule has 0 heterocycles. The molecule has 0 aromatic carbocycles. The van der Waals surface area contributed by atoms with Crippen LogP contribution in [0.4, 0.5) is 0 Å². The molecule has 52 valence electrons. The molecule has 1 amide bonds. The number of rotatable bonds is 4. The van der Waals surface area contributed by atoms with Crippen LogP contribution in [0.1, 0.15) is 0 Å². The van der Waals surface area contributed by atoms with Crippen LogP contribution in [-0.4, -0.2) is 23.5 Å². The molecule has 0 spiro atoms. The van der Waals surface area contributed by atoms with Gasteiger partial charge in [-0.05, 0) is 6.08 Å². The predicted molar refractivity (Wildman–Crippen MR) is 38.6 cm³/mol. The molecule has 4 heteroatoms. The van der Waals surface area contributed by atoms with E-state index in [1.807, 2.05) is 0 Å². The highest BCUT2D eigenvalue weighted by molar-refractivity contribution is 7.31. The maximum absolute atomic E-state index is 10.4. The average Bonchev–Trinajstić information content (AvgIpc) is 1.89. The number of hydrogen-bond donors (Lipinski definition) is 2. The van der Waals surface area contributed by atoms with E-state index in [2.05, 4.69) is 11.9 Å². The molecule has 9 heavy (non-hydrogen) atoms. The minimum atomic E-state index is -0.187. The quantitative estimate of drug-likeness (QED) is 0.330. The van der Waals surface area contributed by atoms with Gasteiger partial charge in [0.25, 0.3) is 0 Å². The van der Waals surface area contributed by atoms with Crippen molar-refractivity contribution in [3.05, 3.63) is 12.7 Å². The second-order valence-corrected chi connectivity index (χ2v) is 2.22. The van der Waals surface area contributed by atoms with Crippen molar-refractivity contribution < 1.29 is 9.69 Å². The fourth-order valence-electron chi connectivity index (χ4n) is 0.314. The van der Waals surface area contributed by atoms with Gasteiger partial charge in [0.05, 0.1) is 0 Å². The van der Waals surface area contributed by atoms with E-state index in [-0.39, 0.29) is 14.7 Å². The molecular formula is C5H10NO2P. The molecule has 0 saturated carbocycles. The van der Waals surface area contributed by atoms with Crippen molar-refractivity contribution in [3.63, 3.8) is 0 Å². The van der Waals surface area contributed by atoms with Crippen molar-refractivity contribution in [1.29, 1.82) is 0 Å². The van der Waals surface area contributed by atoms with E-state index in [1.54, 1.807) is 0 Å². The normalized spacial score (nSPS) is 9.89. The lowest BCUT2D eigenvalue weighted by molar-refractivity contribution is -0.116. The van der Waals surface area contributed by atoms with E-state index in [4.69, 9.17) is 4.89 Å². The smallest absolute Gasteiger partial charge is 0.243 e. The predicted octanol–water partition coefficient (Wildman–Crippen LogP) is -0.126. The van der Waals surface area contributed by atoms with Crippen LogP contribution in [0.15, 0.2) is 12.7 Å². The van der Waals surface area contributed by atoms with Crippen molar-refractivity contribution >= 4 is 14.7 Å². The number of carbonyl (C=O) groups excluding carboxylic acids is 1. The lowest BCUT2D eigenvalue weighted by Gasteiger charge is -1.96. The summed E-state index contributed by atoms with van der Waals surface area (Å²) in [6.07, 6.45) is 1.83. The molecule has 0 aliphatic heterocycles. The summed E-state index contributed by atoms with van der Waals surface area (Å²) in [4.78, 5) is 18.7. The van der Waals surface area contributed by atoms with Crippen LogP contribution in [0.5, 0.6) is 0 Å². The molecule has 0 aliphatic carbocycles. The van der Waals surface area contributed by atoms with Crippen molar-refractivity contribution in [2.24, 2.45) is 0 Å². The van der Waals surface area contributed by atoms with Crippen molar-refractivity contribution in [3.8, 4) is 0 Å². The van der Waals surface area contributed by atoms with Gasteiger partial charge in [-0.15, -0.1) is 0 Å². The van der Waals surface area contributed by atoms with Gasteiger partial charge in [0.1, 0.15) is 0 Å². The first-order valence-electron chi connectivity index (χ1n) is 2.58. The minimum absolute atomic E-state index is 0.0903. The van der Waals surface area contributed by atoms with Crippen LogP contribution in [0.25, 0.3) is 0 Å². The molecule has 1 atom stereocenters. The Balaban J connectivity index is 3.07. The van der Waals surface area contributed by atoms with Crippen molar-refractivity contribution in [1.82, 2.24) is 5.32 Å². The van der Waals surface area contributed by atoms with Crippen molar-refractivity contribution in [2.45, 2.75) is 0 Å². The number of amides is 1. The molecule has 0 radical (unpaired) electrons. The summed E-state index contributed by atoms with van der Waals surface area (Å²) in [7, 11) is -0.0903. The molecule has 0 aliphatic rings. The number of hydrogen-bond acceptors (Lipinski definition) is 2. The standard InChI is InChI=1S/C5H10NO2P/c1-2-5(7)6-3-4-9-8/h2,8-9H,1,3-4H2,(H,6,7). The zero-order valence-corrected chi connectivity index (χ0v) is 6.05. The summed E-state index contributed by atoms with van der Waals surface area (Å²) < 4.78 is 0. The maximum Gasteiger partial charge on any atom is 0.243 e. The van der Waals surface area contributed by atoms with Gasteiger partial charge < -0.3 is 10.2 Å². The molecule has 0 aromatic rings. The third kappa shape index (κ3) is 5.47. The topological polar surface area (TPSA) is 49.3 Å². The first-order valence-corrected chi connectivity index (χ1v) is 3.74. The molecule has 2 N–H and O–H groups in total. The second-order valence-electron chi connectivity index (χ2n) is 1.40. The Kier molecular flexibility index (Phi) is 5.48. The van der Waals surface area contributed by atoms with Crippen LogP contribution < -0.4 is 5.32 Å². The molecule has 0 aromatic heterocycles. The SMILES string of the molecule is C=CC(=O)NCCPO. The van der Waals surface area contributed by atoms with Gasteiger partial charge in [-0.1, -0.05) is 6.58 Å². The molecule has 0 fully saturated rings. The van der Waals surface area contributed by atoms with Crippen LogP contribution in [0, 0.1) is 0 Å². The first kappa shape index (κ1) is 8.60. The maximum atomic E-state index is 10.4. The fraction of sp³-hybridized carbons (Fsp3) is 0.400. The Morgan fingerprint density at radius 2 is 2.56 bits per heavy atom. The lowest BCUT2D eigenvalue weighted by atomic mass is 10.6. The molecular weight excluding hydrogens is 137 g/mol. The van der Waals surface area contributed by atoms with Crippen molar-refractivity contribution in [2.75, 3.05) is 12.7 Å². The summed E-state index contributed by atoms with van der Waals surface area (Å²) in [6, 6.07) is 0. The van der Waals surface area contributed by atoms with Gasteiger partial charge in [-0.3, -0.25) is 4.79 Å². The number of carbonyl (C=O) groups is 1. The van der Waals surface area contributed by atoms with Gasteiger partial charge >= 0.3 is 0 Å². The Bertz CT molecular complexity index is 105. The van der Waals surface area contributed by atoms with Gasteiger partial charge in [0, 0.05) is 21.5 Å². The molecule has 0 rings (SSSR count). The largest absolute Gasteiger partial charge is 0.377 e. The third-order valence-corrected chi connectivity index (χ3v) is 1.20.